The van der Waals surface area contributed by atoms with Gasteiger partial charge in [0.25, 0.3) is 11.8 Å². The number of primary amides is 1. The Bertz CT molecular complexity index is 805. The third-order valence-electron chi connectivity index (χ3n) is 4.00. The summed E-state index contributed by atoms with van der Waals surface area (Å²) in [5.41, 5.74) is 6.97. The van der Waals surface area contributed by atoms with E-state index in [1.165, 1.54) is 27.8 Å². The van der Waals surface area contributed by atoms with Crippen LogP contribution in [-0.2, 0) is 22.4 Å². The minimum Gasteiger partial charge on any atom is -0.451 e. The molecule has 0 unspecified atom stereocenters. The number of hydrogen-bond donors (Lipinski definition) is 2. The zero-order valence-electron chi connectivity index (χ0n) is 13.5. The molecule has 0 spiro atoms. The summed E-state index contributed by atoms with van der Waals surface area (Å²) in [5, 5.41) is 2.53. The highest BCUT2D eigenvalue weighted by atomic mass is 32.1. The first kappa shape index (κ1) is 17.2. The van der Waals surface area contributed by atoms with Crippen molar-refractivity contribution in [1.82, 2.24) is 0 Å². The third kappa shape index (κ3) is 4.06. The van der Waals surface area contributed by atoms with Crippen LogP contribution in [0.3, 0.4) is 0 Å². The zero-order valence-corrected chi connectivity index (χ0v) is 14.4. The molecule has 0 saturated carbocycles. The summed E-state index contributed by atoms with van der Waals surface area (Å²) in [7, 11) is 0. The molecule has 0 fully saturated rings. The number of benzene rings is 1. The monoisotopic (exact) mass is 358 g/mol. The SMILES string of the molecule is NC(=O)c1ccccc1NC(=O)COC(=O)c1cc2c(s1)CCCC2. The standard InChI is InChI=1S/C18H18N2O4S/c19-17(22)12-6-2-3-7-13(12)20-16(21)10-24-18(23)15-9-11-5-1-4-8-14(11)25-15/h2-3,6-7,9H,1,4-5,8,10H2,(H2,19,22)(H,20,21). The molecular weight excluding hydrogens is 340 g/mol. The lowest BCUT2D eigenvalue weighted by molar-refractivity contribution is -0.119. The fraction of sp³-hybridized carbons (Fsp3) is 0.278. The molecule has 1 aromatic heterocycles. The summed E-state index contributed by atoms with van der Waals surface area (Å²) in [6.07, 6.45) is 4.27. The molecule has 7 heteroatoms. The zero-order chi connectivity index (χ0) is 17.8. The van der Waals surface area contributed by atoms with Crippen LogP contribution in [0, 0.1) is 0 Å². The minimum atomic E-state index is -0.642. The number of carbonyl (C=O) groups is 3. The third-order valence-corrected chi connectivity index (χ3v) is 5.22. The van der Waals surface area contributed by atoms with Gasteiger partial charge in [0.1, 0.15) is 4.88 Å². The van der Waals surface area contributed by atoms with Crippen molar-refractivity contribution in [2.45, 2.75) is 25.7 Å². The Hall–Kier alpha value is -2.67. The van der Waals surface area contributed by atoms with Gasteiger partial charge in [-0.25, -0.2) is 4.79 Å². The van der Waals surface area contributed by atoms with Gasteiger partial charge >= 0.3 is 5.97 Å². The molecule has 3 N–H and O–H groups in total. The fourth-order valence-corrected chi connectivity index (χ4v) is 3.93. The number of ether oxygens (including phenoxy) is 1. The average molecular weight is 358 g/mol. The second-order valence-corrected chi connectivity index (χ2v) is 6.94. The van der Waals surface area contributed by atoms with E-state index in [-0.39, 0.29) is 5.56 Å². The molecule has 6 nitrogen and oxygen atoms in total. The fourth-order valence-electron chi connectivity index (χ4n) is 2.79. The number of carbonyl (C=O) groups excluding carboxylic acids is 3. The van der Waals surface area contributed by atoms with Crippen molar-refractivity contribution in [2.75, 3.05) is 11.9 Å². The van der Waals surface area contributed by atoms with Crippen molar-refractivity contribution < 1.29 is 19.1 Å². The van der Waals surface area contributed by atoms with E-state index in [0.717, 1.165) is 25.7 Å². The number of esters is 1. The van der Waals surface area contributed by atoms with Gasteiger partial charge in [0, 0.05) is 4.88 Å². The lowest BCUT2D eigenvalue weighted by Crippen LogP contribution is -2.23. The molecule has 0 saturated heterocycles. The van der Waals surface area contributed by atoms with Gasteiger partial charge in [-0.15, -0.1) is 11.3 Å². The van der Waals surface area contributed by atoms with Gasteiger partial charge in [0.05, 0.1) is 11.3 Å². The first-order valence-electron chi connectivity index (χ1n) is 8.02. The number of anilines is 1. The molecule has 130 valence electrons. The lowest BCUT2D eigenvalue weighted by Gasteiger charge is -2.08. The number of aryl methyl sites for hydroxylation is 2. The topological polar surface area (TPSA) is 98.5 Å². The Labute approximate surface area is 149 Å². The highest BCUT2D eigenvalue weighted by molar-refractivity contribution is 7.14. The van der Waals surface area contributed by atoms with Crippen LogP contribution in [0.2, 0.25) is 0 Å². The van der Waals surface area contributed by atoms with Crippen LogP contribution in [0.5, 0.6) is 0 Å². The van der Waals surface area contributed by atoms with Crippen molar-refractivity contribution in [1.29, 1.82) is 0 Å². The Morgan fingerprint density at radius 3 is 2.68 bits per heavy atom. The number of hydrogen-bond acceptors (Lipinski definition) is 5. The van der Waals surface area contributed by atoms with E-state index in [1.807, 2.05) is 6.07 Å². The highest BCUT2D eigenvalue weighted by Gasteiger charge is 2.19. The number of amides is 2. The Balaban J connectivity index is 1.58. The van der Waals surface area contributed by atoms with Crippen LogP contribution >= 0.6 is 11.3 Å². The molecule has 0 atom stereocenters. The second-order valence-electron chi connectivity index (χ2n) is 5.80. The molecule has 1 aromatic carbocycles. The van der Waals surface area contributed by atoms with Gasteiger partial charge in [-0.1, -0.05) is 12.1 Å². The summed E-state index contributed by atoms with van der Waals surface area (Å²) >= 11 is 1.44. The number of fused-ring (bicyclic) bond motifs is 1. The quantitative estimate of drug-likeness (QED) is 0.802. The van der Waals surface area contributed by atoms with Gasteiger partial charge in [-0.2, -0.15) is 0 Å². The number of para-hydroxylation sites is 1. The van der Waals surface area contributed by atoms with E-state index in [1.54, 1.807) is 18.2 Å². The molecule has 25 heavy (non-hydrogen) atoms. The summed E-state index contributed by atoms with van der Waals surface area (Å²) in [5.74, 6) is -1.67. The van der Waals surface area contributed by atoms with Gasteiger partial charge in [0.15, 0.2) is 6.61 Å². The van der Waals surface area contributed by atoms with Crippen molar-refractivity contribution in [2.24, 2.45) is 5.73 Å². The first-order valence-corrected chi connectivity index (χ1v) is 8.83. The van der Waals surface area contributed by atoms with Crippen LogP contribution in [0.25, 0.3) is 0 Å². The predicted molar refractivity (Wildman–Crippen MR) is 94.8 cm³/mol. The van der Waals surface area contributed by atoms with Crippen LogP contribution in [-0.4, -0.2) is 24.4 Å². The summed E-state index contributed by atoms with van der Waals surface area (Å²) in [6.45, 7) is -0.422. The van der Waals surface area contributed by atoms with E-state index in [9.17, 15) is 14.4 Å². The van der Waals surface area contributed by atoms with Crippen molar-refractivity contribution >= 4 is 34.8 Å². The summed E-state index contributed by atoms with van der Waals surface area (Å²) in [4.78, 5) is 37.2. The average Bonchev–Trinajstić information content (AvgIpc) is 3.04. The number of nitrogens with two attached hydrogens (primary N) is 1. The van der Waals surface area contributed by atoms with E-state index in [0.29, 0.717) is 10.6 Å². The molecule has 0 aliphatic heterocycles. The van der Waals surface area contributed by atoms with Gasteiger partial charge in [-0.3, -0.25) is 9.59 Å². The van der Waals surface area contributed by atoms with Crippen LogP contribution in [0.4, 0.5) is 5.69 Å². The van der Waals surface area contributed by atoms with E-state index >= 15 is 0 Å². The second kappa shape index (κ2) is 7.48. The van der Waals surface area contributed by atoms with Crippen LogP contribution in [0.15, 0.2) is 30.3 Å². The van der Waals surface area contributed by atoms with Gasteiger partial charge < -0.3 is 15.8 Å². The molecule has 2 aromatic rings. The predicted octanol–water partition coefficient (Wildman–Crippen LogP) is 2.52. The minimum absolute atomic E-state index is 0.202. The number of nitrogens with one attached hydrogen (secondary N) is 1. The van der Waals surface area contributed by atoms with Gasteiger partial charge in [-0.05, 0) is 49.4 Å². The smallest absolute Gasteiger partial charge is 0.348 e. The van der Waals surface area contributed by atoms with Gasteiger partial charge in [0.2, 0.25) is 0 Å². The lowest BCUT2D eigenvalue weighted by atomic mass is 9.99. The Morgan fingerprint density at radius 2 is 1.92 bits per heavy atom. The van der Waals surface area contributed by atoms with E-state index < -0.39 is 24.4 Å². The Kier molecular flexibility index (Phi) is 5.14. The number of rotatable bonds is 5. The van der Waals surface area contributed by atoms with Crippen LogP contribution < -0.4 is 11.1 Å². The van der Waals surface area contributed by atoms with E-state index in [4.69, 9.17) is 10.5 Å². The van der Waals surface area contributed by atoms with Crippen molar-refractivity contribution in [3.05, 3.63) is 51.2 Å². The Morgan fingerprint density at radius 1 is 1.16 bits per heavy atom. The highest BCUT2D eigenvalue weighted by Crippen LogP contribution is 2.30. The molecule has 1 heterocycles. The maximum Gasteiger partial charge on any atom is 0.348 e. The largest absolute Gasteiger partial charge is 0.451 e. The summed E-state index contributed by atoms with van der Waals surface area (Å²) < 4.78 is 5.08. The number of thiophene rings is 1. The molecule has 0 radical (unpaired) electrons. The summed E-state index contributed by atoms with van der Waals surface area (Å²) in [6, 6.07) is 8.26. The maximum absolute atomic E-state index is 12.1. The molecular formula is C18H18N2O4S. The maximum atomic E-state index is 12.1. The van der Waals surface area contributed by atoms with Crippen molar-refractivity contribution in [3.63, 3.8) is 0 Å². The first-order chi connectivity index (χ1) is 12.0. The molecule has 2 amide bonds. The molecule has 1 aliphatic carbocycles. The molecule has 0 bridgehead atoms. The van der Waals surface area contributed by atoms with Crippen LogP contribution in [0.1, 0.15) is 43.3 Å². The van der Waals surface area contributed by atoms with E-state index in [2.05, 4.69) is 5.32 Å². The van der Waals surface area contributed by atoms with Crippen molar-refractivity contribution in [3.8, 4) is 0 Å². The molecule has 1 aliphatic rings. The molecule has 3 rings (SSSR count). The normalized spacial score (nSPS) is 13.0.